The molecule has 1 unspecified atom stereocenters. The Hall–Kier alpha value is -2.24. The summed E-state index contributed by atoms with van der Waals surface area (Å²) in [4.78, 5) is 22.7. The number of nitrogens with two attached hydrogens (primary N) is 1. The van der Waals surface area contributed by atoms with Crippen LogP contribution in [0.2, 0.25) is 0 Å². The van der Waals surface area contributed by atoms with Crippen LogP contribution in [-0.2, 0) is 9.53 Å². The second kappa shape index (κ2) is 5.90. The summed E-state index contributed by atoms with van der Waals surface area (Å²) in [6.07, 6.45) is 0. The number of methoxy groups -OCH3 is 1. The van der Waals surface area contributed by atoms with E-state index in [-0.39, 0.29) is 11.9 Å². The maximum atomic E-state index is 11.4. The fraction of sp³-hybridized carbons (Fsp3) is 0.333. The fourth-order valence-corrected chi connectivity index (χ4v) is 1.45. The van der Waals surface area contributed by atoms with Gasteiger partial charge < -0.3 is 21.1 Å². The van der Waals surface area contributed by atoms with Gasteiger partial charge in [-0.05, 0) is 25.1 Å². The van der Waals surface area contributed by atoms with Crippen LogP contribution in [0.3, 0.4) is 0 Å². The van der Waals surface area contributed by atoms with Gasteiger partial charge in [0.2, 0.25) is 0 Å². The lowest BCUT2D eigenvalue weighted by Gasteiger charge is -2.15. The standard InChI is InChI=1S/C12H17N3O3/c1-7(12(17)18-3)15-10-5-4-8(6-9(10)13)11(16)14-2/h4-7,15H,13H2,1-3H3,(H,14,16). The number of nitrogens with one attached hydrogen (secondary N) is 2. The van der Waals surface area contributed by atoms with E-state index in [9.17, 15) is 9.59 Å². The highest BCUT2D eigenvalue weighted by Gasteiger charge is 2.14. The molecule has 1 rings (SSSR count). The molecule has 0 aliphatic rings. The molecule has 1 amide bonds. The van der Waals surface area contributed by atoms with Gasteiger partial charge in [-0.2, -0.15) is 0 Å². The minimum Gasteiger partial charge on any atom is -0.467 e. The lowest BCUT2D eigenvalue weighted by atomic mass is 10.1. The first-order valence-electron chi connectivity index (χ1n) is 5.45. The lowest BCUT2D eigenvalue weighted by molar-refractivity contribution is -0.141. The van der Waals surface area contributed by atoms with Crippen molar-refractivity contribution in [3.8, 4) is 0 Å². The van der Waals surface area contributed by atoms with Crippen LogP contribution in [-0.4, -0.2) is 32.1 Å². The van der Waals surface area contributed by atoms with Crippen molar-refractivity contribution in [1.82, 2.24) is 5.32 Å². The van der Waals surface area contributed by atoms with Gasteiger partial charge in [0.25, 0.3) is 5.91 Å². The van der Waals surface area contributed by atoms with Gasteiger partial charge >= 0.3 is 5.97 Å². The normalized spacial score (nSPS) is 11.5. The number of esters is 1. The molecule has 0 radical (unpaired) electrons. The van der Waals surface area contributed by atoms with Crippen molar-refractivity contribution < 1.29 is 14.3 Å². The number of carbonyl (C=O) groups is 2. The number of rotatable bonds is 4. The monoisotopic (exact) mass is 251 g/mol. The predicted molar refractivity (Wildman–Crippen MR) is 69.3 cm³/mol. The zero-order valence-electron chi connectivity index (χ0n) is 10.6. The van der Waals surface area contributed by atoms with Crippen molar-refractivity contribution in [1.29, 1.82) is 0 Å². The SMILES string of the molecule is CNC(=O)c1ccc(NC(C)C(=O)OC)c(N)c1. The molecule has 6 nitrogen and oxygen atoms in total. The van der Waals surface area contributed by atoms with Crippen LogP contribution in [0.1, 0.15) is 17.3 Å². The van der Waals surface area contributed by atoms with E-state index in [1.54, 1.807) is 32.2 Å². The molecule has 1 atom stereocenters. The van der Waals surface area contributed by atoms with Gasteiger partial charge in [-0.1, -0.05) is 0 Å². The third-order valence-corrected chi connectivity index (χ3v) is 2.47. The van der Waals surface area contributed by atoms with Gasteiger partial charge in [0, 0.05) is 12.6 Å². The van der Waals surface area contributed by atoms with Gasteiger partial charge in [-0.25, -0.2) is 4.79 Å². The Morgan fingerprint density at radius 1 is 1.39 bits per heavy atom. The Balaban J connectivity index is 2.86. The third kappa shape index (κ3) is 3.13. The highest BCUT2D eigenvalue weighted by molar-refractivity contribution is 5.96. The maximum Gasteiger partial charge on any atom is 0.327 e. The summed E-state index contributed by atoms with van der Waals surface area (Å²) in [6, 6.07) is 4.31. The molecular weight excluding hydrogens is 234 g/mol. The molecule has 0 saturated heterocycles. The number of amides is 1. The first-order valence-corrected chi connectivity index (χ1v) is 5.45. The van der Waals surface area contributed by atoms with E-state index in [2.05, 4.69) is 15.4 Å². The van der Waals surface area contributed by atoms with Crippen molar-refractivity contribution in [2.75, 3.05) is 25.2 Å². The van der Waals surface area contributed by atoms with Crippen LogP contribution in [0.15, 0.2) is 18.2 Å². The summed E-state index contributed by atoms with van der Waals surface area (Å²) in [7, 11) is 2.86. The largest absolute Gasteiger partial charge is 0.467 e. The molecule has 0 spiro atoms. The average molecular weight is 251 g/mol. The number of hydrogen-bond acceptors (Lipinski definition) is 5. The quantitative estimate of drug-likeness (QED) is 0.538. The number of anilines is 2. The predicted octanol–water partition coefficient (Wildman–Crippen LogP) is 0.602. The van der Waals surface area contributed by atoms with Crippen LogP contribution in [0.25, 0.3) is 0 Å². The summed E-state index contributed by atoms with van der Waals surface area (Å²) in [5.41, 5.74) is 7.25. The van der Waals surface area contributed by atoms with Crippen molar-refractivity contribution in [2.24, 2.45) is 0 Å². The Morgan fingerprint density at radius 2 is 2.06 bits per heavy atom. The molecule has 6 heteroatoms. The van der Waals surface area contributed by atoms with E-state index in [1.807, 2.05) is 0 Å². The van der Waals surface area contributed by atoms with Crippen molar-refractivity contribution >= 4 is 23.3 Å². The van der Waals surface area contributed by atoms with Gasteiger partial charge in [-0.15, -0.1) is 0 Å². The lowest BCUT2D eigenvalue weighted by Crippen LogP contribution is -2.27. The Morgan fingerprint density at radius 3 is 2.56 bits per heavy atom. The molecule has 0 heterocycles. The molecule has 0 aromatic heterocycles. The van der Waals surface area contributed by atoms with E-state index < -0.39 is 6.04 Å². The van der Waals surface area contributed by atoms with E-state index in [0.29, 0.717) is 16.9 Å². The number of carbonyl (C=O) groups excluding carboxylic acids is 2. The number of benzene rings is 1. The smallest absolute Gasteiger partial charge is 0.327 e. The molecule has 18 heavy (non-hydrogen) atoms. The van der Waals surface area contributed by atoms with Gasteiger partial charge in [0.15, 0.2) is 0 Å². The molecule has 0 fully saturated rings. The van der Waals surface area contributed by atoms with Crippen molar-refractivity contribution in [3.05, 3.63) is 23.8 Å². The number of ether oxygens (including phenoxy) is 1. The van der Waals surface area contributed by atoms with E-state index in [4.69, 9.17) is 5.73 Å². The molecule has 0 aliphatic heterocycles. The average Bonchev–Trinajstić information content (AvgIpc) is 2.38. The second-order valence-corrected chi connectivity index (χ2v) is 3.77. The Bertz CT molecular complexity index is 460. The van der Waals surface area contributed by atoms with Crippen molar-refractivity contribution in [2.45, 2.75) is 13.0 Å². The molecule has 0 bridgehead atoms. The van der Waals surface area contributed by atoms with Gasteiger partial charge in [0.05, 0.1) is 18.5 Å². The molecule has 4 N–H and O–H groups in total. The van der Waals surface area contributed by atoms with Gasteiger partial charge in [0.1, 0.15) is 6.04 Å². The van der Waals surface area contributed by atoms with Crippen LogP contribution >= 0.6 is 0 Å². The van der Waals surface area contributed by atoms with E-state index >= 15 is 0 Å². The topological polar surface area (TPSA) is 93.5 Å². The van der Waals surface area contributed by atoms with Crippen LogP contribution in [0.4, 0.5) is 11.4 Å². The molecule has 0 aliphatic carbocycles. The first-order chi connectivity index (χ1) is 8.49. The zero-order valence-corrected chi connectivity index (χ0v) is 10.6. The van der Waals surface area contributed by atoms with E-state index in [0.717, 1.165) is 0 Å². The minimum absolute atomic E-state index is 0.214. The minimum atomic E-state index is -0.511. The van der Waals surface area contributed by atoms with E-state index in [1.165, 1.54) is 7.11 Å². The van der Waals surface area contributed by atoms with Crippen LogP contribution < -0.4 is 16.4 Å². The Labute approximate surface area is 105 Å². The second-order valence-electron chi connectivity index (χ2n) is 3.77. The molecule has 98 valence electrons. The summed E-state index contributed by atoms with van der Waals surface area (Å²) in [5.74, 6) is -0.598. The maximum absolute atomic E-state index is 11.4. The van der Waals surface area contributed by atoms with Gasteiger partial charge in [-0.3, -0.25) is 4.79 Å². The first kappa shape index (κ1) is 13.8. The van der Waals surface area contributed by atoms with Crippen molar-refractivity contribution in [3.63, 3.8) is 0 Å². The fourth-order valence-electron chi connectivity index (χ4n) is 1.45. The number of hydrogen-bond donors (Lipinski definition) is 3. The molecule has 0 saturated carbocycles. The molecular formula is C12H17N3O3. The third-order valence-electron chi connectivity index (χ3n) is 2.47. The summed E-state index contributed by atoms with van der Waals surface area (Å²) in [6.45, 7) is 1.66. The Kier molecular flexibility index (Phi) is 4.53. The van der Waals surface area contributed by atoms with Crippen LogP contribution in [0.5, 0.6) is 0 Å². The molecule has 1 aromatic carbocycles. The number of nitrogen functional groups attached to an aromatic ring is 1. The zero-order chi connectivity index (χ0) is 13.7. The summed E-state index contributed by atoms with van der Waals surface area (Å²) < 4.78 is 4.60. The highest BCUT2D eigenvalue weighted by Crippen LogP contribution is 2.20. The van der Waals surface area contributed by atoms with Crippen LogP contribution in [0, 0.1) is 0 Å². The summed E-state index contributed by atoms with van der Waals surface area (Å²) in [5, 5.41) is 5.42. The summed E-state index contributed by atoms with van der Waals surface area (Å²) >= 11 is 0. The highest BCUT2D eigenvalue weighted by atomic mass is 16.5. The molecule has 1 aromatic rings.